The minimum absolute atomic E-state index is 0.0164. The molecule has 3 aromatic rings. The summed E-state index contributed by atoms with van der Waals surface area (Å²) in [5.41, 5.74) is 7.15. The maximum absolute atomic E-state index is 12.3. The van der Waals surface area contributed by atoms with Crippen molar-refractivity contribution in [2.24, 2.45) is 0 Å². The van der Waals surface area contributed by atoms with E-state index in [-0.39, 0.29) is 18.8 Å². The smallest absolute Gasteiger partial charge is 0.310 e. The van der Waals surface area contributed by atoms with E-state index in [9.17, 15) is 15.0 Å². The Balaban J connectivity index is 1.40. The summed E-state index contributed by atoms with van der Waals surface area (Å²) in [6.45, 7) is -0.245. The number of imidazole rings is 1. The highest BCUT2D eigenvalue weighted by Crippen LogP contribution is 2.32. The Kier molecular flexibility index (Phi) is 6.08. The Morgan fingerprint density at radius 1 is 1.16 bits per heavy atom. The molecule has 1 aliphatic heterocycles. The quantitative estimate of drug-likeness (QED) is 0.414. The van der Waals surface area contributed by atoms with Crippen LogP contribution in [0.2, 0.25) is 0 Å². The van der Waals surface area contributed by atoms with Crippen LogP contribution in [-0.4, -0.2) is 74.8 Å². The minimum Gasteiger partial charge on any atom is -0.493 e. The first-order valence-corrected chi connectivity index (χ1v) is 9.74. The number of esters is 1. The summed E-state index contributed by atoms with van der Waals surface area (Å²) < 4.78 is 22.9. The number of rotatable bonds is 7. The zero-order valence-electron chi connectivity index (χ0n) is 17.4. The second kappa shape index (κ2) is 8.94. The summed E-state index contributed by atoms with van der Waals surface area (Å²) in [7, 11) is 3.03. The molecule has 2 aromatic heterocycles. The molecule has 0 aliphatic carbocycles. The largest absolute Gasteiger partial charge is 0.493 e. The molecule has 0 spiro atoms. The third-order valence-electron chi connectivity index (χ3n) is 5.20. The summed E-state index contributed by atoms with van der Waals surface area (Å²) in [6, 6.07) is 5.09. The van der Waals surface area contributed by atoms with Crippen molar-refractivity contribution >= 4 is 23.0 Å². The van der Waals surface area contributed by atoms with Crippen molar-refractivity contribution < 1.29 is 34.0 Å². The Hall–Kier alpha value is -3.48. The fourth-order valence-electron chi connectivity index (χ4n) is 3.54. The molecule has 1 saturated heterocycles. The van der Waals surface area contributed by atoms with E-state index < -0.39 is 30.5 Å². The molecule has 4 N–H and O–H groups in total. The van der Waals surface area contributed by atoms with Gasteiger partial charge in [-0.1, -0.05) is 6.07 Å². The number of carbonyl (C=O) groups is 1. The van der Waals surface area contributed by atoms with E-state index in [2.05, 4.69) is 15.0 Å². The van der Waals surface area contributed by atoms with E-state index in [0.717, 1.165) is 0 Å². The molecule has 12 nitrogen and oxygen atoms in total. The zero-order valence-corrected chi connectivity index (χ0v) is 17.4. The van der Waals surface area contributed by atoms with Gasteiger partial charge in [-0.25, -0.2) is 15.0 Å². The fourth-order valence-corrected chi connectivity index (χ4v) is 3.54. The lowest BCUT2D eigenvalue weighted by Gasteiger charge is -2.16. The minimum atomic E-state index is -1.29. The van der Waals surface area contributed by atoms with Crippen LogP contribution in [0.5, 0.6) is 11.5 Å². The summed E-state index contributed by atoms with van der Waals surface area (Å²) in [6.07, 6.45) is -1.87. The topological polar surface area (TPSA) is 164 Å². The van der Waals surface area contributed by atoms with Crippen molar-refractivity contribution in [1.29, 1.82) is 0 Å². The molecule has 0 amide bonds. The van der Waals surface area contributed by atoms with Crippen LogP contribution in [0.15, 0.2) is 30.9 Å². The number of nitrogens with zero attached hydrogens (tertiary/aromatic N) is 4. The molecule has 1 aromatic carbocycles. The number of nitrogens with two attached hydrogens (primary N) is 1. The molecule has 170 valence electrons. The van der Waals surface area contributed by atoms with E-state index in [1.807, 2.05) is 0 Å². The van der Waals surface area contributed by atoms with Crippen molar-refractivity contribution in [2.75, 3.05) is 26.6 Å². The first kappa shape index (κ1) is 21.7. The van der Waals surface area contributed by atoms with Gasteiger partial charge < -0.3 is 34.9 Å². The number of methoxy groups -OCH3 is 2. The number of ether oxygens (including phenoxy) is 4. The lowest BCUT2D eigenvalue weighted by molar-refractivity contribution is -0.149. The maximum Gasteiger partial charge on any atom is 0.310 e. The van der Waals surface area contributed by atoms with Crippen LogP contribution < -0.4 is 15.2 Å². The van der Waals surface area contributed by atoms with Gasteiger partial charge in [0.2, 0.25) is 0 Å². The Morgan fingerprint density at radius 3 is 2.69 bits per heavy atom. The monoisotopic (exact) mass is 445 g/mol. The van der Waals surface area contributed by atoms with E-state index in [1.54, 1.807) is 18.2 Å². The Morgan fingerprint density at radius 2 is 1.94 bits per heavy atom. The van der Waals surface area contributed by atoms with Crippen LogP contribution >= 0.6 is 0 Å². The maximum atomic E-state index is 12.3. The van der Waals surface area contributed by atoms with Crippen LogP contribution in [0, 0.1) is 0 Å². The van der Waals surface area contributed by atoms with Crippen LogP contribution in [0.1, 0.15) is 11.8 Å². The molecule has 1 fully saturated rings. The molecule has 0 saturated carbocycles. The van der Waals surface area contributed by atoms with Gasteiger partial charge in [-0.15, -0.1) is 0 Å². The van der Waals surface area contributed by atoms with Crippen molar-refractivity contribution in [3.05, 3.63) is 36.4 Å². The molecule has 12 heteroatoms. The van der Waals surface area contributed by atoms with Crippen molar-refractivity contribution in [2.45, 2.75) is 31.0 Å². The molecule has 4 rings (SSSR count). The molecule has 32 heavy (non-hydrogen) atoms. The van der Waals surface area contributed by atoms with Gasteiger partial charge in [0.05, 0.1) is 27.0 Å². The third-order valence-corrected chi connectivity index (χ3v) is 5.20. The highest BCUT2D eigenvalue weighted by atomic mass is 16.6. The summed E-state index contributed by atoms with van der Waals surface area (Å²) >= 11 is 0. The molecular weight excluding hydrogens is 422 g/mol. The van der Waals surface area contributed by atoms with Gasteiger partial charge in [-0.05, 0) is 17.7 Å². The first-order chi connectivity index (χ1) is 15.4. The summed E-state index contributed by atoms with van der Waals surface area (Å²) in [5, 5.41) is 20.9. The molecule has 3 heterocycles. The van der Waals surface area contributed by atoms with Gasteiger partial charge >= 0.3 is 5.97 Å². The number of benzene rings is 1. The molecule has 0 radical (unpaired) electrons. The first-order valence-electron chi connectivity index (χ1n) is 9.74. The second-order valence-corrected chi connectivity index (χ2v) is 7.18. The van der Waals surface area contributed by atoms with Crippen LogP contribution in [0.4, 0.5) is 5.82 Å². The fraction of sp³-hybridized carbons (Fsp3) is 0.400. The molecule has 4 atom stereocenters. The van der Waals surface area contributed by atoms with Crippen LogP contribution in [0.3, 0.4) is 0 Å². The van der Waals surface area contributed by atoms with Crippen molar-refractivity contribution in [3.8, 4) is 11.5 Å². The lowest BCUT2D eigenvalue weighted by Crippen LogP contribution is -2.34. The van der Waals surface area contributed by atoms with E-state index in [0.29, 0.717) is 28.2 Å². The van der Waals surface area contributed by atoms with Gasteiger partial charge in [0.1, 0.15) is 36.8 Å². The average Bonchev–Trinajstić information content (AvgIpc) is 3.34. The molecule has 1 aliphatic rings. The van der Waals surface area contributed by atoms with Crippen molar-refractivity contribution in [3.63, 3.8) is 0 Å². The number of nitrogen functional groups attached to an aromatic ring is 1. The van der Waals surface area contributed by atoms with Gasteiger partial charge in [-0.2, -0.15) is 0 Å². The highest BCUT2D eigenvalue weighted by molar-refractivity contribution is 5.81. The van der Waals surface area contributed by atoms with Gasteiger partial charge in [0.15, 0.2) is 29.2 Å². The molecule has 0 unspecified atom stereocenters. The second-order valence-electron chi connectivity index (χ2n) is 7.18. The van der Waals surface area contributed by atoms with Gasteiger partial charge in [0, 0.05) is 0 Å². The SMILES string of the molecule is COc1ccc(CC(=O)OC[C@H]2O[C@@H](n3cnc4c(N)ncnc43)[C@H](O)[C@@H]2O)cc1OC. The Bertz CT molecular complexity index is 1120. The molecular formula is C20H23N5O7. The predicted molar refractivity (Wildman–Crippen MR) is 110 cm³/mol. The summed E-state index contributed by atoms with van der Waals surface area (Å²) in [4.78, 5) is 24.4. The number of hydrogen-bond donors (Lipinski definition) is 3. The standard InChI is InChI=1S/C20H23N5O7/c1-29-11-4-3-10(5-12(11)30-2)6-14(26)31-7-13-16(27)17(28)20(32-13)25-9-24-15-18(21)22-8-23-19(15)25/h3-5,8-9,13,16-17,20,27-28H,6-7H2,1-2H3,(H2,21,22,23)/t13-,16-,17-,20-/m1/s1. The van der Waals surface area contributed by atoms with E-state index >= 15 is 0 Å². The van der Waals surface area contributed by atoms with Gasteiger partial charge in [0.25, 0.3) is 0 Å². The number of carbonyl (C=O) groups excluding carboxylic acids is 1. The molecule has 0 bridgehead atoms. The summed E-state index contributed by atoms with van der Waals surface area (Å²) in [5.74, 6) is 0.698. The number of aliphatic hydroxyl groups is 2. The van der Waals surface area contributed by atoms with Crippen molar-refractivity contribution in [1.82, 2.24) is 19.5 Å². The van der Waals surface area contributed by atoms with Crippen LogP contribution in [0.25, 0.3) is 11.2 Å². The number of fused-ring (bicyclic) bond motifs is 1. The number of aliphatic hydroxyl groups excluding tert-OH is 2. The van der Waals surface area contributed by atoms with E-state index in [4.69, 9.17) is 24.7 Å². The predicted octanol–water partition coefficient (Wildman–Crippen LogP) is -0.169. The lowest BCUT2D eigenvalue weighted by atomic mass is 10.1. The van der Waals surface area contributed by atoms with Gasteiger partial charge in [-0.3, -0.25) is 9.36 Å². The normalized spacial score (nSPS) is 22.8. The number of anilines is 1. The Labute approximate surface area is 182 Å². The highest BCUT2D eigenvalue weighted by Gasteiger charge is 2.45. The average molecular weight is 445 g/mol. The van der Waals surface area contributed by atoms with Crippen LogP contribution in [-0.2, 0) is 20.7 Å². The number of hydrogen-bond acceptors (Lipinski definition) is 11. The van der Waals surface area contributed by atoms with E-state index in [1.165, 1.54) is 31.4 Å². The zero-order chi connectivity index (χ0) is 22.8. The third kappa shape index (κ3) is 4.02. The number of aromatic nitrogens is 4.